The van der Waals surface area contributed by atoms with E-state index in [4.69, 9.17) is 9.84 Å². The standard InChI is InChI=1S/C13H16BrNO4/c1-3-6-15(8-12(16)17)13(18)10-5-4-9(14)7-11(10)19-2/h4-5,7H,3,6,8H2,1-2H3,(H,16,17). The van der Waals surface area contributed by atoms with Crippen LogP contribution in [0.25, 0.3) is 0 Å². The summed E-state index contributed by atoms with van der Waals surface area (Å²) in [5, 5.41) is 8.84. The van der Waals surface area contributed by atoms with E-state index < -0.39 is 5.97 Å². The van der Waals surface area contributed by atoms with Crippen LogP contribution in [0.15, 0.2) is 22.7 Å². The van der Waals surface area contributed by atoms with E-state index in [0.29, 0.717) is 24.3 Å². The summed E-state index contributed by atoms with van der Waals surface area (Å²) in [7, 11) is 1.47. The molecule has 0 aliphatic rings. The minimum Gasteiger partial charge on any atom is -0.496 e. The van der Waals surface area contributed by atoms with Crippen molar-refractivity contribution in [2.75, 3.05) is 20.2 Å². The molecule has 0 unspecified atom stereocenters. The summed E-state index contributed by atoms with van der Waals surface area (Å²) in [4.78, 5) is 24.4. The highest BCUT2D eigenvalue weighted by molar-refractivity contribution is 9.10. The molecule has 0 radical (unpaired) electrons. The molecule has 104 valence electrons. The molecular formula is C13H16BrNO4. The number of hydrogen-bond donors (Lipinski definition) is 1. The Labute approximate surface area is 120 Å². The van der Waals surface area contributed by atoms with Crippen LogP contribution >= 0.6 is 15.9 Å². The average Bonchev–Trinajstić information content (AvgIpc) is 2.36. The zero-order valence-electron chi connectivity index (χ0n) is 10.9. The van der Waals surface area contributed by atoms with Crippen LogP contribution in [-0.4, -0.2) is 42.1 Å². The van der Waals surface area contributed by atoms with Crippen molar-refractivity contribution in [3.05, 3.63) is 28.2 Å². The van der Waals surface area contributed by atoms with Gasteiger partial charge in [0.1, 0.15) is 12.3 Å². The van der Waals surface area contributed by atoms with E-state index in [0.717, 1.165) is 4.47 Å². The van der Waals surface area contributed by atoms with Gasteiger partial charge in [-0.1, -0.05) is 22.9 Å². The number of ether oxygens (including phenoxy) is 1. The lowest BCUT2D eigenvalue weighted by molar-refractivity contribution is -0.137. The summed E-state index contributed by atoms with van der Waals surface area (Å²) in [5.74, 6) is -0.947. The molecule has 0 saturated heterocycles. The molecule has 0 bridgehead atoms. The molecule has 0 heterocycles. The minimum atomic E-state index is -1.03. The summed E-state index contributed by atoms with van der Waals surface area (Å²) in [6, 6.07) is 5.02. The second kappa shape index (κ2) is 7.13. The third-order valence-corrected chi connectivity index (χ3v) is 2.99. The largest absolute Gasteiger partial charge is 0.496 e. The zero-order chi connectivity index (χ0) is 14.4. The van der Waals surface area contributed by atoms with E-state index in [1.807, 2.05) is 6.92 Å². The molecular weight excluding hydrogens is 314 g/mol. The van der Waals surface area contributed by atoms with E-state index in [1.54, 1.807) is 18.2 Å². The Kier molecular flexibility index (Phi) is 5.82. The number of aliphatic carboxylic acids is 1. The Bertz CT molecular complexity index is 476. The highest BCUT2D eigenvalue weighted by Crippen LogP contribution is 2.24. The second-order valence-corrected chi connectivity index (χ2v) is 4.88. The summed E-state index contributed by atoms with van der Waals surface area (Å²) in [5.41, 5.74) is 0.361. The van der Waals surface area contributed by atoms with Gasteiger partial charge in [-0.15, -0.1) is 0 Å². The smallest absolute Gasteiger partial charge is 0.323 e. The van der Waals surface area contributed by atoms with Gasteiger partial charge in [0.2, 0.25) is 0 Å². The molecule has 1 rings (SSSR count). The fourth-order valence-corrected chi connectivity index (χ4v) is 2.04. The van der Waals surface area contributed by atoms with Gasteiger partial charge in [-0.2, -0.15) is 0 Å². The van der Waals surface area contributed by atoms with Crippen molar-refractivity contribution < 1.29 is 19.4 Å². The predicted molar refractivity (Wildman–Crippen MR) is 74.5 cm³/mol. The van der Waals surface area contributed by atoms with Crippen molar-refractivity contribution in [2.45, 2.75) is 13.3 Å². The van der Waals surface area contributed by atoms with Gasteiger partial charge in [0.05, 0.1) is 12.7 Å². The van der Waals surface area contributed by atoms with E-state index in [1.165, 1.54) is 12.0 Å². The maximum Gasteiger partial charge on any atom is 0.323 e. The Balaban J connectivity index is 3.04. The monoisotopic (exact) mass is 329 g/mol. The topological polar surface area (TPSA) is 66.8 Å². The molecule has 19 heavy (non-hydrogen) atoms. The number of methoxy groups -OCH3 is 1. The molecule has 0 fully saturated rings. The lowest BCUT2D eigenvalue weighted by atomic mass is 10.1. The van der Waals surface area contributed by atoms with E-state index in [-0.39, 0.29) is 12.5 Å². The fraction of sp³-hybridized carbons (Fsp3) is 0.385. The second-order valence-electron chi connectivity index (χ2n) is 3.97. The number of carboxylic acids is 1. The number of amides is 1. The Morgan fingerprint density at radius 2 is 2.11 bits per heavy atom. The first kappa shape index (κ1) is 15.5. The van der Waals surface area contributed by atoms with Crippen LogP contribution in [0, 0.1) is 0 Å². The Morgan fingerprint density at radius 3 is 2.63 bits per heavy atom. The normalized spacial score (nSPS) is 10.1. The highest BCUT2D eigenvalue weighted by atomic mass is 79.9. The van der Waals surface area contributed by atoms with Gasteiger partial charge < -0.3 is 14.7 Å². The first-order chi connectivity index (χ1) is 8.99. The van der Waals surface area contributed by atoms with Crippen LogP contribution in [0.5, 0.6) is 5.75 Å². The molecule has 0 saturated carbocycles. The number of carbonyl (C=O) groups is 2. The van der Waals surface area contributed by atoms with Crippen LogP contribution in [0.1, 0.15) is 23.7 Å². The maximum atomic E-state index is 12.3. The lowest BCUT2D eigenvalue weighted by Gasteiger charge is -2.21. The summed E-state index contributed by atoms with van der Waals surface area (Å²) >= 11 is 3.30. The third-order valence-electron chi connectivity index (χ3n) is 2.50. The van der Waals surface area contributed by atoms with Crippen LogP contribution < -0.4 is 4.74 Å². The van der Waals surface area contributed by atoms with Crippen molar-refractivity contribution in [1.29, 1.82) is 0 Å². The average molecular weight is 330 g/mol. The highest BCUT2D eigenvalue weighted by Gasteiger charge is 2.21. The van der Waals surface area contributed by atoms with Gasteiger partial charge in [-0.25, -0.2) is 0 Å². The van der Waals surface area contributed by atoms with Crippen molar-refractivity contribution in [3.8, 4) is 5.75 Å². The van der Waals surface area contributed by atoms with Crippen molar-refractivity contribution >= 4 is 27.8 Å². The van der Waals surface area contributed by atoms with E-state index in [2.05, 4.69) is 15.9 Å². The zero-order valence-corrected chi connectivity index (χ0v) is 12.4. The molecule has 1 aromatic carbocycles. The minimum absolute atomic E-state index is 0.314. The van der Waals surface area contributed by atoms with Gasteiger partial charge in [0.15, 0.2) is 0 Å². The SMILES string of the molecule is CCCN(CC(=O)O)C(=O)c1ccc(Br)cc1OC. The van der Waals surface area contributed by atoms with Gasteiger partial charge in [-0.05, 0) is 24.6 Å². The van der Waals surface area contributed by atoms with Crippen molar-refractivity contribution in [2.24, 2.45) is 0 Å². The van der Waals surface area contributed by atoms with E-state index in [9.17, 15) is 9.59 Å². The molecule has 1 N–H and O–H groups in total. The summed E-state index contributed by atoms with van der Waals surface area (Å²) in [6.07, 6.45) is 0.692. The van der Waals surface area contributed by atoms with Crippen LogP contribution in [-0.2, 0) is 4.79 Å². The van der Waals surface area contributed by atoms with Crippen molar-refractivity contribution in [3.63, 3.8) is 0 Å². The molecule has 0 aliphatic carbocycles. The van der Waals surface area contributed by atoms with Crippen LogP contribution in [0.2, 0.25) is 0 Å². The molecule has 0 atom stereocenters. The fourth-order valence-electron chi connectivity index (χ4n) is 1.70. The molecule has 6 heteroatoms. The number of nitrogens with zero attached hydrogens (tertiary/aromatic N) is 1. The number of halogens is 1. The predicted octanol–water partition coefficient (Wildman–Crippen LogP) is 2.39. The summed E-state index contributed by atoms with van der Waals surface area (Å²) in [6.45, 7) is 1.97. The first-order valence-electron chi connectivity index (χ1n) is 5.84. The number of carbonyl (C=O) groups excluding carboxylic acids is 1. The maximum absolute atomic E-state index is 12.3. The molecule has 1 amide bonds. The lowest BCUT2D eigenvalue weighted by Crippen LogP contribution is -2.36. The van der Waals surface area contributed by atoms with Gasteiger partial charge in [0.25, 0.3) is 5.91 Å². The quantitative estimate of drug-likeness (QED) is 0.870. The number of carboxylic acid groups (broad SMARTS) is 1. The first-order valence-corrected chi connectivity index (χ1v) is 6.63. The number of hydrogen-bond acceptors (Lipinski definition) is 3. The molecule has 0 aliphatic heterocycles. The van der Waals surface area contributed by atoms with Gasteiger partial charge in [-0.3, -0.25) is 9.59 Å². The van der Waals surface area contributed by atoms with E-state index >= 15 is 0 Å². The number of rotatable bonds is 6. The molecule has 0 spiro atoms. The van der Waals surface area contributed by atoms with Crippen LogP contribution in [0.4, 0.5) is 0 Å². The number of benzene rings is 1. The van der Waals surface area contributed by atoms with Crippen molar-refractivity contribution in [1.82, 2.24) is 4.90 Å². The van der Waals surface area contributed by atoms with Crippen LogP contribution in [0.3, 0.4) is 0 Å². The Hall–Kier alpha value is -1.56. The Morgan fingerprint density at radius 1 is 1.42 bits per heavy atom. The third kappa shape index (κ3) is 4.24. The van der Waals surface area contributed by atoms with Gasteiger partial charge in [0, 0.05) is 11.0 Å². The molecule has 0 aromatic heterocycles. The summed E-state index contributed by atoms with van der Waals surface area (Å²) < 4.78 is 5.95. The molecule has 1 aromatic rings. The van der Waals surface area contributed by atoms with Gasteiger partial charge >= 0.3 is 5.97 Å². The molecule has 5 nitrogen and oxygen atoms in total.